The van der Waals surface area contributed by atoms with Crippen LogP contribution in [0.25, 0.3) is 10.8 Å². The van der Waals surface area contributed by atoms with Crippen LogP contribution in [0.4, 0.5) is 0 Å². The van der Waals surface area contributed by atoms with Gasteiger partial charge in [-0.2, -0.15) is 0 Å². The molecule has 3 aliphatic carbocycles. The summed E-state index contributed by atoms with van der Waals surface area (Å²) in [4.78, 5) is 4.24. The zero-order valence-corrected chi connectivity index (χ0v) is 12.1. The van der Waals surface area contributed by atoms with E-state index in [2.05, 4.69) is 34.7 Å². The van der Waals surface area contributed by atoms with E-state index in [1.54, 1.807) is 0 Å². The maximum absolute atomic E-state index is 5.99. The van der Waals surface area contributed by atoms with Crippen molar-refractivity contribution in [3.63, 3.8) is 0 Å². The molecule has 2 bridgehead atoms. The summed E-state index contributed by atoms with van der Waals surface area (Å²) in [6, 6.07) is 8.94. The number of hydrogen-bond donors (Lipinski definition) is 2. The second-order valence-electron chi connectivity index (χ2n) is 7.15. The minimum Gasteiger partial charge on any atom is -0.271 e. The van der Waals surface area contributed by atoms with Crippen LogP contribution in [0.3, 0.4) is 0 Å². The van der Waals surface area contributed by atoms with Crippen LogP contribution in [0.2, 0.25) is 0 Å². The van der Waals surface area contributed by atoms with Crippen molar-refractivity contribution in [2.75, 3.05) is 0 Å². The molecule has 0 saturated heterocycles. The van der Waals surface area contributed by atoms with Crippen LogP contribution < -0.4 is 11.3 Å². The molecule has 0 aliphatic heterocycles. The van der Waals surface area contributed by atoms with E-state index in [1.165, 1.54) is 35.6 Å². The van der Waals surface area contributed by atoms with Gasteiger partial charge >= 0.3 is 0 Å². The molecule has 1 aromatic carbocycles. The molecule has 0 amide bonds. The third kappa shape index (κ3) is 1.59. The number of aromatic nitrogens is 1. The molecule has 0 spiro atoms. The van der Waals surface area contributed by atoms with Crippen molar-refractivity contribution in [2.45, 2.75) is 25.3 Å². The minimum absolute atomic E-state index is 0.300. The van der Waals surface area contributed by atoms with Crippen LogP contribution in [-0.4, -0.2) is 4.98 Å². The van der Waals surface area contributed by atoms with Crippen LogP contribution >= 0.6 is 0 Å². The lowest BCUT2D eigenvalue weighted by molar-refractivity contribution is 0.375. The van der Waals surface area contributed by atoms with Crippen molar-refractivity contribution in [3.8, 4) is 0 Å². The van der Waals surface area contributed by atoms with Crippen molar-refractivity contribution in [3.05, 3.63) is 42.2 Å². The zero-order valence-electron chi connectivity index (χ0n) is 12.1. The molecule has 5 rings (SSSR count). The van der Waals surface area contributed by atoms with Crippen LogP contribution in [0.15, 0.2) is 36.7 Å². The number of fused-ring (bicyclic) bond motifs is 6. The fraction of sp³-hybridized carbons (Fsp3) is 0.500. The Bertz CT molecular complexity index is 676. The van der Waals surface area contributed by atoms with Crippen molar-refractivity contribution >= 4 is 10.8 Å². The lowest BCUT2D eigenvalue weighted by atomic mass is 9.91. The summed E-state index contributed by atoms with van der Waals surface area (Å²) in [5.74, 6) is 10.6. The van der Waals surface area contributed by atoms with E-state index in [4.69, 9.17) is 5.84 Å². The monoisotopic (exact) mass is 279 g/mol. The van der Waals surface area contributed by atoms with Crippen LogP contribution in [0, 0.1) is 29.6 Å². The fourth-order valence-corrected chi connectivity index (χ4v) is 5.67. The molecule has 3 nitrogen and oxygen atoms in total. The molecule has 3 saturated carbocycles. The molecule has 5 atom stereocenters. The Morgan fingerprint density at radius 2 is 1.95 bits per heavy atom. The highest BCUT2D eigenvalue weighted by Gasteiger charge is 2.66. The summed E-state index contributed by atoms with van der Waals surface area (Å²) in [6.45, 7) is 0. The lowest BCUT2D eigenvalue weighted by Gasteiger charge is -2.21. The Morgan fingerprint density at radius 3 is 2.71 bits per heavy atom. The van der Waals surface area contributed by atoms with Gasteiger partial charge in [-0.25, -0.2) is 0 Å². The van der Waals surface area contributed by atoms with E-state index in [0.717, 1.165) is 29.6 Å². The van der Waals surface area contributed by atoms with Gasteiger partial charge in [0.25, 0.3) is 0 Å². The number of benzene rings is 1. The van der Waals surface area contributed by atoms with Crippen molar-refractivity contribution in [1.29, 1.82) is 0 Å². The molecule has 3 heteroatoms. The summed E-state index contributed by atoms with van der Waals surface area (Å²) < 4.78 is 0. The number of rotatable bonds is 3. The molecule has 1 aromatic heterocycles. The van der Waals surface area contributed by atoms with Gasteiger partial charge in [0, 0.05) is 23.8 Å². The highest BCUT2D eigenvalue weighted by Crippen LogP contribution is 2.72. The maximum atomic E-state index is 5.99. The number of nitrogens with two attached hydrogens (primary N) is 1. The van der Waals surface area contributed by atoms with Crippen molar-refractivity contribution in [2.24, 2.45) is 35.4 Å². The second kappa shape index (κ2) is 4.28. The zero-order chi connectivity index (χ0) is 14.0. The first kappa shape index (κ1) is 12.1. The van der Waals surface area contributed by atoms with Gasteiger partial charge in [-0.1, -0.05) is 18.2 Å². The van der Waals surface area contributed by atoms with E-state index >= 15 is 0 Å². The smallest absolute Gasteiger partial charge is 0.0500 e. The van der Waals surface area contributed by atoms with Crippen LogP contribution in [-0.2, 0) is 0 Å². The third-order valence-corrected chi connectivity index (χ3v) is 6.41. The van der Waals surface area contributed by atoms with Gasteiger partial charge in [-0.3, -0.25) is 16.3 Å². The van der Waals surface area contributed by atoms with E-state index in [0.29, 0.717) is 6.04 Å². The Morgan fingerprint density at radius 1 is 1.14 bits per heavy atom. The Kier molecular flexibility index (Phi) is 2.47. The second-order valence-corrected chi connectivity index (χ2v) is 7.15. The Labute approximate surface area is 124 Å². The predicted molar refractivity (Wildman–Crippen MR) is 83.1 cm³/mol. The van der Waals surface area contributed by atoms with Crippen molar-refractivity contribution < 1.29 is 0 Å². The summed E-state index contributed by atoms with van der Waals surface area (Å²) in [7, 11) is 0. The molecule has 3 N–H and O–H groups in total. The highest BCUT2D eigenvalue weighted by molar-refractivity contribution is 5.85. The topological polar surface area (TPSA) is 50.9 Å². The SMILES string of the molecule is NNC(c1cccc2cnccc12)C1C2C3CCC(C3)C21. The van der Waals surface area contributed by atoms with Gasteiger partial charge in [0.1, 0.15) is 0 Å². The largest absolute Gasteiger partial charge is 0.271 e. The quantitative estimate of drug-likeness (QED) is 0.670. The molecule has 5 unspecified atom stereocenters. The number of hydrazine groups is 1. The standard InChI is InChI=1S/C18H21N3/c19-21-18(17-15-10-4-5-11(8-10)16(15)17)14-3-1-2-12-9-20-7-6-13(12)14/h1-3,6-7,9-11,15-18,21H,4-5,8,19H2. The van der Waals surface area contributed by atoms with Gasteiger partial charge in [0.05, 0.1) is 0 Å². The van der Waals surface area contributed by atoms with Crippen LogP contribution in [0.5, 0.6) is 0 Å². The maximum Gasteiger partial charge on any atom is 0.0500 e. The molecule has 1 heterocycles. The van der Waals surface area contributed by atoms with Crippen molar-refractivity contribution in [1.82, 2.24) is 10.4 Å². The number of nitrogens with zero attached hydrogens (tertiary/aromatic N) is 1. The molecular weight excluding hydrogens is 258 g/mol. The summed E-state index contributed by atoms with van der Waals surface area (Å²) in [6.07, 6.45) is 8.24. The molecule has 21 heavy (non-hydrogen) atoms. The van der Waals surface area contributed by atoms with E-state index < -0.39 is 0 Å². The first-order chi connectivity index (χ1) is 10.4. The van der Waals surface area contributed by atoms with E-state index in [9.17, 15) is 0 Å². The normalized spacial score (nSPS) is 37.7. The van der Waals surface area contributed by atoms with Gasteiger partial charge in [0.2, 0.25) is 0 Å². The number of hydrogen-bond acceptors (Lipinski definition) is 3. The molecule has 3 fully saturated rings. The minimum atomic E-state index is 0.300. The average molecular weight is 279 g/mol. The average Bonchev–Trinajstić information content (AvgIpc) is 2.94. The van der Waals surface area contributed by atoms with E-state index in [1.807, 2.05) is 12.4 Å². The van der Waals surface area contributed by atoms with Gasteiger partial charge in [-0.05, 0) is 65.9 Å². The first-order valence-corrected chi connectivity index (χ1v) is 8.17. The molecule has 3 aliphatic rings. The summed E-state index contributed by atoms with van der Waals surface area (Å²) in [5, 5.41) is 2.51. The van der Waals surface area contributed by atoms with Crippen LogP contribution in [0.1, 0.15) is 30.9 Å². The summed E-state index contributed by atoms with van der Waals surface area (Å²) >= 11 is 0. The fourth-order valence-electron chi connectivity index (χ4n) is 5.67. The van der Waals surface area contributed by atoms with E-state index in [-0.39, 0.29) is 0 Å². The predicted octanol–water partition coefficient (Wildman–Crippen LogP) is 3.03. The Balaban J connectivity index is 1.56. The molecule has 0 radical (unpaired) electrons. The third-order valence-electron chi connectivity index (χ3n) is 6.41. The lowest BCUT2D eigenvalue weighted by Crippen LogP contribution is -2.31. The number of nitrogens with one attached hydrogen (secondary N) is 1. The number of pyridine rings is 1. The Hall–Kier alpha value is -1.45. The molecule has 108 valence electrons. The highest BCUT2D eigenvalue weighted by atomic mass is 15.2. The molecular formula is C18H21N3. The van der Waals surface area contributed by atoms with Gasteiger partial charge in [0.15, 0.2) is 0 Å². The summed E-state index contributed by atoms with van der Waals surface area (Å²) in [5.41, 5.74) is 4.51. The van der Waals surface area contributed by atoms with Gasteiger partial charge < -0.3 is 0 Å². The van der Waals surface area contributed by atoms with Gasteiger partial charge in [-0.15, -0.1) is 0 Å². The first-order valence-electron chi connectivity index (χ1n) is 8.17. The molecule has 2 aromatic rings.